The number of sulfone groups is 1. The van der Waals surface area contributed by atoms with E-state index in [1.165, 1.54) is 23.5 Å². The van der Waals surface area contributed by atoms with Crippen LogP contribution in [-0.2, 0) is 14.6 Å². The number of anilines is 1. The van der Waals surface area contributed by atoms with Crippen LogP contribution in [0.2, 0.25) is 0 Å². The zero-order valence-electron chi connectivity index (χ0n) is 15.4. The first-order valence-electron chi connectivity index (χ1n) is 8.52. The second-order valence-electron chi connectivity index (χ2n) is 6.21. The molecule has 1 N–H and O–H groups in total. The fraction of sp³-hybridized carbons (Fsp3) is 0.263. The van der Waals surface area contributed by atoms with E-state index in [0.717, 1.165) is 22.4 Å². The van der Waals surface area contributed by atoms with Gasteiger partial charge in [-0.1, -0.05) is 17.4 Å². The van der Waals surface area contributed by atoms with Crippen molar-refractivity contribution in [2.75, 3.05) is 18.2 Å². The highest BCUT2D eigenvalue weighted by molar-refractivity contribution is 7.91. The lowest BCUT2D eigenvalue weighted by Crippen LogP contribution is -2.14. The molecule has 28 heavy (non-hydrogen) atoms. The van der Waals surface area contributed by atoms with Crippen LogP contribution in [-0.4, -0.2) is 32.2 Å². The number of fused-ring (bicyclic) bond motifs is 1. The summed E-state index contributed by atoms with van der Waals surface area (Å²) in [5.41, 5.74) is 1.71. The van der Waals surface area contributed by atoms with Gasteiger partial charge in [-0.25, -0.2) is 17.8 Å². The van der Waals surface area contributed by atoms with E-state index in [1.54, 1.807) is 7.11 Å². The van der Waals surface area contributed by atoms with Crippen molar-refractivity contribution < 1.29 is 22.3 Å². The molecule has 0 radical (unpaired) electrons. The summed E-state index contributed by atoms with van der Waals surface area (Å²) >= 11 is 1.34. The highest BCUT2D eigenvalue weighted by atomic mass is 32.2. The Kier molecular flexibility index (Phi) is 5.95. The molecule has 148 valence electrons. The molecule has 0 fully saturated rings. The van der Waals surface area contributed by atoms with E-state index in [2.05, 4.69) is 10.3 Å². The van der Waals surface area contributed by atoms with Gasteiger partial charge in [0.25, 0.3) is 0 Å². The number of halogens is 1. The summed E-state index contributed by atoms with van der Waals surface area (Å²) in [6.07, 6.45) is 0.186. The summed E-state index contributed by atoms with van der Waals surface area (Å²) in [5.74, 6) is -0.382. The van der Waals surface area contributed by atoms with Crippen molar-refractivity contribution in [3.63, 3.8) is 0 Å². The van der Waals surface area contributed by atoms with Crippen LogP contribution < -0.4 is 10.1 Å². The minimum Gasteiger partial charge on any atom is -0.494 e. The second-order valence-corrected chi connectivity index (χ2v) is 9.31. The molecule has 3 aromatic rings. The third kappa shape index (κ3) is 4.48. The largest absolute Gasteiger partial charge is 0.494 e. The number of aryl methyl sites for hydroxylation is 1. The molecule has 1 amide bonds. The predicted octanol–water partition coefficient (Wildman–Crippen LogP) is 3.95. The number of nitrogens with zero attached hydrogens (tertiary/aromatic N) is 1. The number of carbonyl (C=O) groups excluding carboxylic acids is 1. The highest BCUT2D eigenvalue weighted by Crippen LogP contribution is 2.34. The highest BCUT2D eigenvalue weighted by Gasteiger charge is 2.16. The molecule has 0 aliphatic heterocycles. The van der Waals surface area contributed by atoms with Gasteiger partial charge in [0, 0.05) is 6.42 Å². The second kappa shape index (κ2) is 8.24. The molecule has 2 aromatic carbocycles. The lowest BCUT2D eigenvalue weighted by molar-refractivity contribution is -0.116. The summed E-state index contributed by atoms with van der Waals surface area (Å²) < 4.78 is 43.6. The zero-order chi connectivity index (χ0) is 20.3. The molecular formula is C19H19FN2O4S2. The molecule has 6 nitrogen and oxygen atoms in total. The maximum absolute atomic E-state index is 12.9. The number of thiazole rings is 1. The van der Waals surface area contributed by atoms with Crippen molar-refractivity contribution in [1.29, 1.82) is 0 Å². The third-order valence-corrected chi connectivity index (χ3v) is 7.08. The number of amides is 1. The van der Waals surface area contributed by atoms with Gasteiger partial charge < -0.3 is 10.1 Å². The predicted molar refractivity (Wildman–Crippen MR) is 107 cm³/mol. The van der Waals surface area contributed by atoms with Crippen molar-refractivity contribution in [2.45, 2.75) is 24.7 Å². The average molecular weight is 423 g/mol. The van der Waals surface area contributed by atoms with E-state index in [4.69, 9.17) is 4.74 Å². The first kappa shape index (κ1) is 20.2. The normalized spacial score (nSPS) is 11.5. The molecule has 0 bridgehead atoms. The summed E-state index contributed by atoms with van der Waals surface area (Å²) in [6.45, 7) is 1.95. The standard InChI is InChI=1S/C19H19FN2O4S2/c1-12-5-10-15(26-2)17-18(12)27-19(22-17)21-16(23)4-3-11-28(24,25)14-8-6-13(20)7-9-14/h5-10H,3-4,11H2,1-2H3,(H,21,22,23). The minimum absolute atomic E-state index is 0.0342. The number of benzene rings is 2. The molecule has 0 unspecified atom stereocenters. The van der Waals surface area contributed by atoms with E-state index in [0.29, 0.717) is 16.4 Å². The van der Waals surface area contributed by atoms with Gasteiger partial charge in [-0.2, -0.15) is 0 Å². The van der Waals surface area contributed by atoms with Crippen LogP contribution in [0.1, 0.15) is 18.4 Å². The maximum Gasteiger partial charge on any atom is 0.226 e. The van der Waals surface area contributed by atoms with Crippen LogP contribution in [0, 0.1) is 12.7 Å². The number of aromatic nitrogens is 1. The minimum atomic E-state index is -3.56. The molecule has 0 aliphatic rings. The van der Waals surface area contributed by atoms with Gasteiger partial charge in [0.2, 0.25) is 5.91 Å². The summed E-state index contributed by atoms with van der Waals surface area (Å²) in [6, 6.07) is 8.39. The number of rotatable bonds is 7. The summed E-state index contributed by atoms with van der Waals surface area (Å²) in [4.78, 5) is 16.6. The maximum atomic E-state index is 12.9. The molecule has 3 rings (SSSR count). The first-order chi connectivity index (χ1) is 13.3. The van der Waals surface area contributed by atoms with Gasteiger partial charge >= 0.3 is 0 Å². The van der Waals surface area contributed by atoms with E-state index >= 15 is 0 Å². The van der Waals surface area contributed by atoms with Crippen LogP contribution >= 0.6 is 11.3 Å². The van der Waals surface area contributed by atoms with E-state index in [1.807, 2.05) is 19.1 Å². The van der Waals surface area contributed by atoms with Gasteiger partial charge in [-0.3, -0.25) is 4.79 Å². The van der Waals surface area contributed by atoms with Crippen LogP contribution in [0.3, 0.4) is 0 Å². The first-order valence-corrected chi connectivity index (χ1v) is 11.0. The third-order valence-electron chi connectivity index (χ3n) is 4.16. The summed E-state index contributed by atoms with van der Waals surface area (Å²) in [5, 5.41) is 3.15. The number of hydrogen-bond donors (Lipinski definition) is 1. The number of hydrogen-bond acceptors (Lipinski definition) is 6. The number of ether oxygens (including phenoxy) is 1. The van der Waals surface area contributed by atoms with Crippen LogP contribution in [0.5, 0.6) is 5.75 Å². The monoisotopic (exact) mass is 422 g/mol. The zero-order valence-corrected chi connectivity index (χ0v) is 17.0. The molecule has 9 heteroatoms. The Morgan fingerprint density at radius 3 is 2.61 bits per heavy atom. The smallest absolute Gasteiger partial charge is 0.226 e. The molecule has 0 atom stereocenters. The Balaban J connectivity index is 1.61. The van der Waals surface area contributed by atoms with Crippen molar-refractivity contribution in [3.8, 4) is 5.75 Å². The quantitative estimate of drug-likeness (QED) is 0.583. The van der Waals surface area contributed by atoms with Crippen LogP contribution in [0.25, 0.3) is 10.2 Å². The summed E-state index contributed by atoms with van der Waals surface area (Å²) in [7, 11) is -2.00. The Morgan fingerprint density at radius 1 is 1.21 bits per heavy atom. The molecular weight excluding hydrogens is 403 g/mol. The molecule has 0 saturated heterocycles. The molecule has 1 aromatic heterocycles. The molecule has 0 saturated carbocycles. The molecule has 0 spiro atoms. The fourth-order valence-electron chi connectivity index (χ4n) is 2.69. The molecule has 0 aliphatic carbocycles. The number of methoxy groups -OCH3 is 1. The van der Waals surface area contributed by atoms with Gasteiger partial charge in [0.05, 0.1) is 22.5 Å². The van der Waals surface area contributed by atoms with Crippen LogP contribution in [0.4, 0.5) is 9.52 Å². The van der Waals surface area contributed by atoms with E-state index < -0.39 is 15.7 Å². The fourth-order valence-corrected chi connectivity index (χ4v) is 4.97. The SMILES string of the molecule is COc1ccc(C)c2sc(NC(=O)CCCS(=O)(=O)c3ccc(F)cc3)nc12. The van der Waals surface area contributed by atoms with Crippen molar-refractivity contribution in [2.24, 2.45) is 0 Å². The Morgan fingerprint density at radius 2 is 1.93 bits per heavy atom. The van der Waals surface area contributed by atoms with E-state index in [-0.39, 0.29) is 29.4 Å². The lowest BCUT2D eigenvalue weighted by Gasteiger charge is -2.04. The number of nitrogens with one attached hydrogen (secondary N) is 1. The van der Waals surface area contributed by atoms with Crippen molar-refractivity contribution in [1.82, 2.24) is 4.98 Å². The Bertz CT molecular complexity index is 1110. The molecule has 1 heterocycles. The van der Waals surface area contributed by atoms with Crippen molar-refractivity contribution in [3.05, 3.63) is 47.8 Å². The Labute approximate surface area is 166 Å². The van der Waals surface area contributed by atoms with Gasteiger partial charge in [0.15, 0.2) is 15.0 Å². The van der Waals surface area contributed by atoms with Crippen LogP contribution in [0.15, 0.2) is 41.3 Å². The van der Waals surface area contributed by atoms with Gasteiger partial charge in [-0.15, -0.1) is 0 Å². The van der Waals surface area contributed by atoms with Crippen molar-refractivity contribution >= 4 is 42.4 Å². The van der Waals surface area contributed by atoms with Gasteiger partial charge in [0.1, 0.15) is 17.1 Å². The topological polar surface area (TPSA) is 85.4 Å². The number of carbonyl (C=O) groups is 1. The lowest BCUT2D eigenvalue weighted by atomic mass is 10.2. The van der Waals surface area contributed by atoms with E-state index in [9.17, 15) is 17.6 Å². The van der Waals surface area contributed by atoms with Gasteiger partial charge in [-0.05, 0) is 49.2 Å². The average Bonchev–Trinajstić information content (AvgIpc) is 3.06. The Hall–Kier alpha value is -2.52.